The number of benzene rings is 1. The molecule has 1 atom stereocenters. The second-order valence-corrected chi connectivity index (χ2v) is 6.28. The van der Waals surface area contributed by atoms with Gasteiger partial charge in [0.05, 0.1) is 17.1 Å². The molecule has 0 aliphatic heterocycles. The molecule has 3 rings (SSSR count). The number of aromatic nitrogens is 2. The Labute approximate surface area is 145 Å². The molecule has 1 unspecified atom stereocenters. The SMILES string of the molecule is Cc1nc(C)c2c(n1)CC(c1ccccc1Cl)C/C2=N\N=C(N)N. The molecular formula is C17H19ClN6. The third-order valence-electron chi connectivity index (χ3n) is 4.08. The van der Waals surface area contributed by atoms with Gasteiger partial charge in [-0.05, 0) is 44.2 Å². The molecule has 4 N–H and O–H groups in total. The van der Waals surface area contributed by atoms with Gasteiger partial charge in [-0.15, -0.1) is 5.10 Å². The molecule has 0 fully saturated rings. The first-order chi connectivity index (χ1) is 11.5. The molecule has 2 aromatic rings. The van der Waals surface area contributed by atoms with Gasteiger partial charge in [0.1, 0.15) is 5.82 Å². The minimum absolute atomic E-state index is 0.0744. The van der Waals surface area contributed by atoms with E-state index < -0.39 is 0 Å². The van der Waals surface area contributed by atoms with Gasteiger partial charge in [0.2, 0.25) is 5.96 Å². The number of halogens is 1. The molecule has 0 saturated heterocycles. The topological polar surface area (TPSA) is 103 Å². The van der Waals surface area contributed by atoms with Crippen molar-refractivity contribution in [3.63, 3.8) is 0 Å². The second kappa shape index (κ2) is 6.57. The van der Waals surface area contributed by atoms with Crippen LogP contribution in [0.15, 0.2) is 34.5 Å². The van der Waals surface area contributed by atoms with Gasteiger partial charge in [-0.25, -0.2) is 9.97 Å². The summed E-state index contributed by atoms with van der Waals surface area (Å²) in [6.45, 7) is 3.84. The highest BCUT2D eigenvalue weighted by Crippen LogP contribution is 2.36. The van der Waals surface area contributed by atoms with Crippen LogP contribution in [-0.2, 0) is 6.42 Å². The van der Waals surface area contributed by atoms with E-state index >= 15 is 0 Å². The molecule has 1 aromatic heterocycles. The molecule has 1 heterocycles. The molecule has 0 saturated carbocycles. The maximum Gasteiger partial charge on any atom is 0.211 e. The molecule has 124 valence electrons. The average Bonchev–Trinajstić information content (AvgIpc) is 2.52. The van der Waals surface area contributed by atoms with E-state index in [2.05, 4.69) is 20.2 Å². The zero-order chi connectivity index (χ0) is 17.3. The molecule has 1 aliphatic carbocycles. The Morgan fingerprint density at radius 1 is 1.17 bits per heavy atom. The van der Waals surface area contributed by atoms with Gasteiger partial charge in [0, 0.05) is 10.6 Å². The molecule has 24 heavy (non-hydrogen) atoms. The quantitative estimate of drug-likeness (QED) is 0.497. The number of rotatable bonds is 2. The summed E-state index contributed by atoms with van der Waals surface area (Å²) in [5, 5.41) is 8.83. The number of hydrogen-bond donors (Lipinski definition) is 2. The number of fused-ring (bicyclic) bond motifs is 1. The van der Waals surface area contributed by atoms with Gasteiger partial charge in [-0.1, -0.05) is 29.8 Å². The van der Waals surface area contributed by atoms with Crippen molar-refractivity contribution >= 4 is 23.3 Å². The Hall–Kier alpha value is -2.47. The van der Waals surface area contributed by atoms with Crippen LogP contribution in [0, 0.1) is 13.8 Å². The molecular weight excluding hydrogens is 324 g/mol. The number of guanidine groups is 1. The number of aryl methyl sites for hydroxylation is 2. The number of hydrogen-bond acceptors (Lipinski definition) is 4. The van der Waals surface area contributed by atoms with Crippen LogP contribution < -0.4 is 11.5 Å². The smallest absolute Gasteiger partial charge is 0.211 e. The van der Waals surface area contributed by atoms with Crippen LogP contribution in [0.4, 0.5) is 0 Å². The lowest BCUT2D eigenvalue weighted by molar-refractivity contribution is 0.670. The van der Waals surface area contributed by atoms with Gasteiger partial charge in [-0.2, -0.15) is 5.10 Å². The lowest BCUT2D eigenvalue weighted by Crippen LogP contribution is -2.25. The van der Waals surface area contributed by atoms with Crippen molar-refractivity contribution in [3.8, 4) is 0 Å². The predicted molar refractivity (Wildman–Crippen MR) is 96.4 cm³/mol. The maximum atomic E-state index is 6.38. The van der Waals surface area contributed by atoms with E-state index in [1.807, 2.05) is 38.1 Å². The van der Waals surface area contributed by atoms with E-state index in [1.165, 1.54) is 0 Å². The Bertz CT molecular complexity index is 839. The van der Waals surface area contributed by atoms with E-state index in [4.69, 9.17) is 23.1 Å². The van der Waals surface area contributed by atoms with Crippen molar-refractivity contribution in [2.45, 2.75) is 32.6 Å². The Balaban J connectivity index is 2.12. The molecule has 6 nitrogen and oxygen atoms in total. The van der Waals surface area contributed by atoms with E-state index in [9.17, 15) is 0 Å². The lowest BCUT2D eigenvalue weighted by Gasteiger charge is -2.26. The third-order valence-corrected chi connectivity index (χ3v) is 4.42. The van der Waals surface area contributed by atoms with Gasteiger partial charge in [0.25, 0.3) is 0 Å². The highest BCUT2D eigenvalue weighted by atomic mass is 35.5. The molecule has 0 bridgehead atoms. The van der Waals surface area contributed by atoms with E-state index in [1.54, 1.807) is 0 Å². The van der Waals surface area contributed by atoms with Crippen LogP contribution >= 0.6 is 11.6 Å². The number of nitrogens with two attached hydrogens (primary N) is 2. The van der Waals surface area contributed by atoms with E-state index in [-0.39, 0.29) is 11.9 Å². The maximum absolute atomic E-state index is 6.38. The Kier molecular flexibility index (Phi) is 4.49. The Morgan fingerprint density at radius 3 is 2.62 bits per heavy atom. The van der Waals surface area contributed by atoms with Crippen molar-refractivity contribution in [1.29, 1.82) is 0 Å². The first kappa shape index (κ1) is 16.4. The summed E-state index contributed by atoms with van der Waals surface area (Å²) in [5.74, 6) is 0.842. The van der Waals surface area contributed by atoms with Crippen LogP contribution in [0.25, 0.3) is 0 Å². The van der Waals surface area contributed by atoms with Crippen LogP contribution in [-0.4, -0.2) is 21.6 Å². The Morgan fingerprint density at radius 2 is 1.92 bits per heavy atom. The summed E-state index contributed by atoms with van der Waals surface area (Å²) in [6, 6.07) is 7.85. The van der Waals surface area contributed by atoms with E-state index in [0.717, 1.165) is 45.5 Å². The molecule has 7 heteroatoms. The predicted octanol–water partition coefficient (Wildman–Crippen LogP) is 2.45. The van der Waals surface area contributed by atoms with Crippen LogP contribution in [0.2, 0.25) is 5.02 Å². The normalized spacial score (nSPS) is 18.3. The van der Waals surface area contributed by atoms with Crippen LogP contribution in [0.1, 0.15) is 40.7 Å². The summed E-state index contributed by atoms with van der Waals surface area (Å²) >= 11 is 6.38. The highest BCUT2D eigenvalue weighted by Gasteiger charge is 2.29. The molecule has 0 radical (unpaired) electrons. The zero-order valence-corrected chi connectivity index (χ0v) is 14.4. The molecule has 1 aliphatic rings. The summed E-state index contributed by atoms with van der Waals surface area (Å²) < 4.78 is 0. The van der Waals surface area contributed by atoms with Gasteiger partial charge in [0.15, 0.2) is 0 Å². The highest BCUT2D eigenvalue weighted by molar-refractivity contribution is 6.31. The summed E-state index contributed by atoms with van der Waals surface area (Å²) in [5.41, 5.74) is 15.5. The molecule has 0 amide bonds. The van der Waals surface area contributed by atoms with Gasteiger partial charge >= 0.3 is 0 Å². The first-order valence-electron chi connectivity index (χ1n) is 7.70. The third kappa shape index (κ3) is 3.23. The fourth-order valence-electron chi connectivity index (χ4n) is 3.18. The number of nitrogens with zero attached hydrogens (tertiary/aromatic N) is 4. The van der Waals surface area contributed by atoms with Crippen molar-refractivity contribution in [2.24, 2.45) is 21.7 Å². The lowest BCUT2D eigenvalue weighted by atomic mass is 9.80. The standard InChI is InChI=1S/C17H19ClN6/c1-9-16-14(22-10(2)21-9)7-11(8-15(16)23-24-17(19)20)12-5-3-4-6-13(12)18/h3-6,11H,7-8H2,1-2H3,(H4,19,20,24)/b23-15+. The summed E-state index contributed by atoms with van der Waals surface area (Å²) in [7, 11) is 0. The fraction of sp³-hybridized carbons (Fsp3) is 0.294. The summed E-state index contributed by atoms with van der Waals surface area (Å²) in [4.78, 5) is 9.06. The monoisotopic (exact) mass is 342 g/mol. The minimum atomic E-state index is -0.0744. The summed E-state index contributed by atoms with van der Waals surface area (Å²) in [6.07, 6.45) is 1.46. The molecule has 1 aromatic carbocycles. The molecule has 0 spiro atoms. The minimum Gasteiger partial charge on any atom is -0.369 e. The van der Waals surface area contributed by atoms with E-state index in [0.29, 0.717) is 6.42 Å². The van der Waals surface area contributed by atoms with Gasteiger partial charge < -0.3 is 11.5 Å². The van der Waals surface area contributed by atoms with Crippen LogP contribution in [0.3, 0.4) is 0 Å². The first-order valence-corrected chi connectivity index (χ1v) is 8.08. The van der Waals surface area contributed by atoms with Crippen molar-refractivity contribution in [3.05, 3.63) is 57.6 Å². The van der Waals surface area contributed by atoms with Crippen LogP contribution in [0.5, 0.6) is 0 Å². The van der Waals surface area contributed by atoms with Gasteiger partial charge in [-0.3, -0.25) is 0 Å². The fourth-order valence-corrected chi connectivity index (χ4v) is 3.47. The largest absolute Gasteiger partial charge is 0.369 e. The van der Waals surface area contributed by atoms with Crippen molar-refractivity contribution in [2.75, 3.05) is 0 Å². The van der Waals surface area contributed by atoms with Crippen molar-refractivity contribution < 1.29 is 0 Å². The second-order valence-electron chi connectivity index (χ2n) is 5.88. The average molecular weight is 343 g/mol. The zero-order valence-electron chi connectivity index (χ0n) is 13.6. The van der Waals surface area contributed by atoms with Crippen molar-refractivity contribution in [1.82, 2.24) is 9.97 Å².